The number of anilines is 2. The quantitative estimate of drug-likeness (QED) is 0.919. The number of amides is 1. The van der Waals surface area contributed by atoms with Crippen LogP contribution in [0.1, 0.15) is 42.0 Å². The molecule has 1 aliphatic heterocycles. The van der Waals surface area contributed by atoms with Crippen molar-refractivity contribution in [2.45, 2.75) is 53.6 Å². The lowest BCUT2D eigenvalue weighted by Crippen LogP contribution is -2.53. The summed E-state index contributed by atoms with van der Waals surface area (Å²) in [7, 11) is 0. The van der Waals surface area contributed by atoms with Crippen molar-refractivity contribution in [2.24, 2.45) is 0 Å². The van der Waals surface area contributed by atoms with Gasteiger partial charge in [0.1, 0.15) is 11.3 Å². The van der Waals surface area contributed by atoms with E-state index in [1.807, 2.05) is 32.6 Å². The molecule has 23 heavy (non-hydrogen) atoms. The van der Waals surface area contributed by atoms with Gasteiger partial charge in [0.2, 0.25) is 0 Å². The molecule has 122 valence electrons. The topological polar surface area (TPSA) is 58.4 Å². The molecule has 1 aromatic heterocycles. The van der Waals surface area contributed by atoms with Crippen molar-refractivity contribution in [3.63, 3.8) is 0 Å². The molecule has 0 unspecified atom stereocenters. The molecule has 0 saturated carbocycles. The van der Waals surface area contributed by atoms with Gasteiger partial charge in [0, 0.05) is 5.56 Å². The first kappa shape index (κ1) is 15.6. The Labute approximate surface area is 136 Å². The maximum absolute atomic E-state index is 13.0. The Kier molecular flexibility index (Phi) is 3.47. The highest BCUT2D eigenvalue weighted by Crippen LogP contribution is 2.38. The summed E-state index contributed by atoms with van der Waals surface area (Å²) in [5.74, 6) is 0.810. The molecule has 1 aliphatic rings. The van der Waals surface area contributed by atoms with E-state index in [1.165, 1.54) is 11.1 Å². The van der Waals surface area contributed by atoms with Gasteiger partial charge in [-0.15, -0.1) is 0 Å². The minimum absolute atomic E-state index is 0.0493. The van der Waals surface area contributed by atoms with E-state index < -0.39 is 5.54 Å². The molecule has 0 atom stereocenters. The molecule has 0 aliphatic carbocycles. The van der Waals surface area contributed by atoms with Crippen LogP contribution in [0.15, 0.2) is 16.7 Å². The number of carbonyl (C=O) groups is 1. The Bertz CT molecular complexity index is 770. The van der Waals surface area contributed by atoms with E-state index in [2.05, 4.69) is 36.5 Å². The number of nitrogens with one attached hydrogen (secondary N) is 1. The first-order valence-corrected chi connectivity index (χ1v) is 7.84. The number of hydrogen-bond acceptors (Lipinski definition) is 4. The largest absolute Gasteiger partial charge is 0.370 e. The normalized spacial score (nSPS) is 16.3. The summed E-state index contributed by atoms with van der Waals surface area (Å²) in [4.78, 5) is 14.8. The number of aryl methyl sites for hydroxylation is 4. The summed E-state index contributed by atoms with van der Waals surface area (Å²) < 4.78 is 5.25. The second kappa shape index (κ2) is 5.11. The fraction of sp³-hybridized carbons (Fsp3) is 0.444. The smallest absolute Gasteiger partial charge is 0.252 e. The van der Waals surface area contributed by atoms with E-state index in [-0.39, 0.29) is 5.91 Å². The molecule has 0 saturated heterocycles. The van der Waals surface area contributed by atoms with E-state index >= 15 is 0 Å². The standard InChI is InChI=1S/C18H23N3O2/c1-10-7-15-16(8-11(10)2)21(17(22)18(5,6)19-15)9-14-12(3)20-23-13(14)4/h7-8,19H,9H2,1-6H3. The molecule has 3 rings (SSSR count). The van der Waals surface area contributed by atoms with Gasteiger partial charge < -0.3 is 14.7 Å². The molecule has 5 nitrogen and oxygen atoms in total. The van der Waals surface area contributed by atoms with Crippen molar-refractivity contribution in [2.75, 3.05) is 10.2 Å². The van der Waals surface area contributed by atoms with Gasteiger partial charge in [0.15, 0.2) is 0 Å². The Morgan fingerprint density at radius 3 is 2.43 bits per heavy atom. The highest BCUT2D eigenvalue weighted by molar-refractivity contribution is 6.07. The van der Waals surface area contributed by atoms with E-state index in [9.17, 15) is 4.79 Å². The summed E-state index contributed by atoms with van der Waals surface area (Å²) >= 11 is 0. The van der Waals surface area contributed by atoms with Crippen LogP contribution >= 0.6 is 0 Å². The predicted octanol–water partition coefficient (Wildman–Crippen LogP) is 3.65. The van der Waals surface area contributed by atoms with Gasteiger partial charge in [0.05, 0.1) is 23.6 Å². The molecule has 1 N–H and O–H groups in total. The van der Waals surface area contributed by atoms with Crippen molar-refractivity contribution >= 4 is 17.3 Å². The molecular formula is C18H23N3O2. The first-order valence-electron chi connectivity index (χ1n) is 7.84. The molecule has 1 amide bonds. The number of fused-ring (bicyclic) bond motifs is 1. The molecule has 0 bridgehead atoms. The van der Waals surface area contributed by atoms with Crippen LogP contribution in [0.2, 0.25) is 0 Å². The van der Waals surface area contributed by atoms with Crippen LogP contribution in [-0.4, -0.2) is 16.6 Å². The number of aromatic nitrogens is 1. The monoisotopic (exact) mass is 313 g/mol. The predicted molar refractivity (Wildman–Crippen MR) is 90.8 cm³/mol. The molecule has 0 radical (unpaired) electrons. The summed E-state index contributed by atoms with van der Waals surface area (Å²) in [5.41, 5.74) is 5.44. The second-order valence-corrected chi connectivity index (χ2v) is 6.90. The Balaban J connectivity index is 2.11. The van der Waals surface area contributed by atoms with E-state index in [0.29, 0.717) is 6.54 Å². The molecule has 2 heterocycles. The number of nitrogens with zero attached hydrogens (tertiary/aromatic N) is 2. The zero-order chi connectivity index (χ0) is 16.9. The van der Waals surface area contributed by atoms with E-state index in [1.54, 1.807) is 0 Å². The molecule has 1 aromatic carbocycles. The van der Waals surface area contributed by atoms with Gasteiger partial charge in [-0.1, -0.05) is 5.16 Å². The average Bonchev–Trinajstić information content (AvgIpc) is 2.77. The molecule has 2 aromatic rings. The zero-order valence-corrected chi connectivity index (χ0v) is 14.6. The highest BCUT2D eigenvalue weighted by Gasteiger charge is 2.39. The molecule has 0 fully saturated rings. The van der Waals surface area contributed by atoms with Gasteiger partial charge in [-0.3, -0.25) is 4.79 Å². The lowest BCUT2D eigenvalue weighted by atomic mass is 9.95. The molecular weight excluding hydrogens is 290 g/mol. The second-order valence-electron chi connectivity index (χ2n) is 6.90. The number of hydrogen-bond donors (Lipinski definition) is 1. The summed E-state index contributed by atoms with van der Waals surface area (Å²) in [6.07, 6.45) is 0. The fourth-order valence-corrected chi connectivity index (χ4v) is 3.00. The van der Waals surface area contributed by atoms with Gasteiger partial charge >= 0.3 is 0 Å². The van der Waals surface area contributed by atoms with Crippen LogP contribution in [0, 0.1) is 27.7 Å². The first-order chi connectivity index (χ1) is 10.7. The van der Waals surface area contributed by atoms with Crippen molar-refractivity contribution in [1.29, 1.82) is 0 Å². The summed E-state index contributed by atoms with van der Waals surface area (Å²) in [5, 5.41) is 7.36. The van der Waals surface area contributed by atoms with Crippen LogP contribution < -0.4 is 10.2 Å². The summed E-state index contributed by atoms with van der Waals surface area (Å²) in [6, 6.07) is 4.18. The van der Waals surface area contributed by atoms with Gasteiger partial charge in [-0.25, -0.2) is 0 Å². The van der Waals surface area contributed by atoms with Crippen molar-refractivity contribution < 1.29 is 9.32 Å². The van der Waals surface area contributed by atoms with Crippen LogP contribution in [0.25, 0.3) is 0 Å². The molecule has 0 spiro atoms. The van der Waals surface area contributed by atoms with Gasteiger partial charge in [-0.05, 0) is 64.8 Å². The van der Waals surface area contributed by atoms with Crippen LogP contribution in [0.4, 0.5) is 11.4 Å². The zero-order valence-electron chi connectivity index (χ0n) is 14.6. The lowest BCUT2D eigenvalue weighted by Gasteiger charge is -2.40. The Morgan fingerprint density at radius 1 is 1.17 bits per heavy atom. The van der Waals surface area contributed by atoms with Crippen LogP contribution in [0.3, 0.4) is 0 Å². The van der Waals surface area contributed by atoms with Gasteiger partial charge in [0.25, 0.3) is 5.91 Å². The third kappa shape index (κ3) is 2.50. The third-order valence-corrected chi connectivity index (χ3v) is 4.63. The van der Waals surface area contributed by atoms with Crippen molar-refractivity contribution in [3.05, 3.63) is 40.3 Å². The summed E-state index contributed by atoms with van der Waals surface area (Å²) in [6.45, 7) is 12.2. The number of carbonyl (C=O) groups excluding carboxylic acids is 1. The van der Waals surface area contributed by atoms with E-state index in [0.717, 1.165) is 28.4 Å². The van der Waals surface area contributed by atoms with Crippen molar-refractivity contribution in [1.82, 2.24) is 5.16 Å². The minimum atomic E-state index is -0.645. The Hall–Kier alpha value is -2.30. The maximum atomic E-state index is 13.0. The third-order valence-electron chi connectivity index (χ3n) is 4.63. The maximum Gasteiger partial charge on any atom is 0.252 e. The Morgan fingerprint density at radius 2 is 1.83 bits per heavy atom. The number of benzene rings is 1. The van der Waals surface area contributed by atoms with Crippen LogP contribution in [0.5, 0.6) is 0 Å². The minimum Gasteiger partial charge on any atom is -0.370 e. The average molecular weight is 313 g/mol. The van der Waals surface area contributed by atoms with Crippen molar-refractivity contribution in [3.8, 4) is 0 Å². The molecule has 5 heteroatoms. The fourth-order valence-electron chi connectivity index (χ4n) is 3.00. The highest BCUT2D eigenvalue weighted by atomic mass is 16.5. The number of rotatable bonds is 2. The van der Waals surface area contributed by atoms with E-state index in [4.69, 9.17) is 4.52 Å². The SMILES string of the molecule is Cc1cc2c(cc1C)N(Cc1c(C)noc1C)C(=O)C(C)(C)N2. The van der Waals surface area contributed by atoms with Crippen LogP contribution in [-0.2, 0) is 11.3 Å². The van der Waals surface area contributed by atoms with Gasteiger partial charge in [-0.2, -0.15) is 0 Å². The lowest BCUT2D eigenvalue weighted by molar-refractivity contribution is -0.122.